The van der Waals surface area contributed by atoms with Gasteiger partial charge in [-0.1, -0.05) is 18.2 Å². The Morgan fingerprint density at radius 3 is 2.66 bits per heavy atom. The van der Waals surface area contributed by atoms with Crippen LogP contribution in [0.2, 0.25) is 0 Å². The van der Waals surface area contributed by atoms with Crippen LogP contribution in [0.4, 0.5) is 0 Å². The van der Waals surface area contributed by atoms with E-state index in [4.69, 9.17) is 17.0 Å². The molecule has 7 nitrogen and oxygen atoms in total. The Balaban J connectivity index is 1.85. The van der Waals surface area contributed by atoms with Gasteiger partial charge in [0.25, 0.3) is 0 Å². The lowest BCUT2D eigenvalue weighted by atomic mass is 9.97. The number of hydrogen-bond acceptors (Lipinski definition) is 4. The van der Waals surface area contributed by atoms with Gasteiger partial charge in [0.2, 0.25) is 0 Å². The molecule has 0 radical (unpaired) electrons. The first-order chi connectivity index (χ1) is 15.4. The molecule has 2 N–H and O–H groups in total. The number of aromatic nitrogens is 2. The first-order valence-corrected chi connectivity index (χ1v) is 10.8. The van der Waals surface area contributed by atoms with E-state index < -0.39 is 5.97 Å². The number of carboxylic acid groups (broad SMARTS) is 1. The van der Waals surface area contributed by atoms with Gasteiger partial charge in [0.1, 0.15) is 0 Å². The Kier molecular flexibility index (Phi) is 6.25. The van der Waals surface area contributed by atoms with E-state index in [1.807, 2.05) is 48.7 Å². The van der Waals surface area contributed by atoms with Gasteiger partial charge in [-0.2, -0.15) is 0 Å². The van der Waals surface area contributed by atoms with Crippen molar-refractivity contribution in [3.8, 4) is 5.69 Å². The second kappa shape index (κ2) is 9.10. The number of aromatic carboxylic acids is 1. The molecule has 32 heavy (non-hydrogen) atoms. The summed E-state index contributed by atoms with van der Waals surface area (Å²) in [4.78, 5) is 18.6. The molecule has 8 heteroatoms. The normalized spacial score (nSPS) is 18.1. The summed E-state index contributed by atoms with van der Waals surface area (Å²) >= 11 is 5.69. The van der Waals surface area contributed by atoms with Crippen LogP contribution in [0.25, 0.3) is 5.69 Å². The molecule has 0 spiro atoms. The Hall–Kier alpha value is -3.23. The highest BCUT2D eigenvalue weighted by atomic mass is 32.1. The molecular formula is C24H26N4O3S. The summed E-state index contributed by atoms with van der Waals surface area (Å²) < 4.78 is 7.34. The van der Waals surface area contributed by atoms with Crippen molar-refractivity contribution < 1.29 is 14.6 Å². The zero-order chi connectivity index (χ0) is 22.8. The number of nitrogens with one attached hydrogen (secondary N) is 1. The third-order valence-corrected chi connectivity index (χ3v) is 6.25. The van der Waals surface area contributed by atoms with E-state index in [1.165, 1.54) is 0 Å². The highest BCUT2D eigenvalue weighted by Gasteiger charge is 2.41. The van der Waals surface area contributed by atoms with Crippen LogP contribution in [0.3, 0.4) is 0 Å². The highest BCUT2D eigenvalue weighted by Crippen LogP contribution is 2.41. The highest BCUT2D eigenvalue weighted by molar-refractivity contribution is 7.80. The molecule has 1 aliphatic rings. The molecule has 0 saturated carbocycles. The minimum Gasteiger partial charge on any atom is -0.478 e. The van der Waals surface area contributed by atoms with Crippen molar-refractivity contribution >= 4 is 23.3 Å². The fraction of sp³-hybridized carbons (Fsp3) is 0.292. The fourth-order valence-electron chi connectivity index (χ4n) is 4.48. The number of pyridine rings is 1. The number of thiocarbonyl (C=S) groups is 1. The molecule has 0 amide bonds. The van der Waals surface area contributed by atoms with Crippen molar-refractivity contribution in [3.05, 3.63) is 82.9 Å². The van der Waals surface area contributed by atoms with Gasteiger partial charge < -0.3 is 24.6 Å². The molecule has 2 aromatic heterocycles. The van der Waals surface area contributed by atoms with E-state index in [-0.39, 0.29) is 17.6 Å². The SMILES string of the molecule is COCCN1C(=S)N[C@H](c2ccccn2)[C@@H]1c1cc(C)n(-c2ccccc2C(=O)O)c1C. The van der Waals surface area contributed by atoms with Crippen molar-refractivity contribution in [3.63, 3.8) is 0 Å². The smallest absolute Gasteiger partial charge is 0.337 e. The van der Waals surface area contributed by atoms with Crippen LogP contribution in [0.1, 0.15) is 45.1 Å². The summed E-state index contributed by atoms with van der Waals surface area (Å²) in [6.45, 7) is 5.18. The summed E-state index contributed by atoms with van der Waals surface area (Å²) in [5, 5.41) is 13.8. The van der Waals surface area contributed by atoms with Crippen molar-refractivity contribution in [2.75, 3.05) is 20.3 Å². The van der Waals surface area contributed by atoms with E-state index in [1.54, 1.807) is 25.4 Å². The second-order valence-corrected chi connectivity index (χ2v) is 8.18. The average Bonchev–Trinajstić information content (AvgIpc) is 3.27. The van der Waals surface area contributed by atoms with Gasteiger partial charge in [-0.05, 0) is 62.0 Å². The van der Waals surface area contributed by atoms with E-state index >= 15 is 0 Å². The predicted molar refractivity (Wildman–Crippen MR) is 126 cm³/mol. The quantitative estimate of drug-likeness (QED) is 0.530. The molecule has 4 rings (SSSR count). The zero-order valence-corrected chi connectivity index (χ0v) is 19.1. The Labute approximate surface area is 192 Å². The number of hydrogen-bond donors (Lipinski definition) is 2. The first kappa shape index (κ1) is 22.0. The summed E-state index contributed by atoms with van der Waals surface area (Å²) in [7, 11) is 1.67. The predicted octanol–water partition coefficient (Wildman–Crippen LogP) is 3.81. The summed E-state index contributed by atoms with van der Waals surface area (Å²) in [5.74, 6) is -0.952. The molecule has 3 heterocycles. The van der Waals surface area contributed by atoms with E-state index in [0.29, 0.717) is 24.0 Å². The molecule has 0 bridgehead atoms. The third-order valence-electron chi connectivity index (χ3n) is 5.90. The van der Waals surface area contributed by atoms with Gasteiger partial charge >= 0.3 is 5.97 Å². The number of nitrogens with zero attached hydrogens (tertiary/aromatic N) is 3. The molecule has 3 aromatic rings. The average molecular weight is 451 g/mol. The summed E-state index contributed by atoms with van der Waals surface area (Å²) in [6.07, 6.45) is 1.78. The third kappa shape index (κ3) is 3.87. The lowest BCUT2D eigenvalue weighted by molar-refractivity contribution is 0.0697. The van der Waals surface area contributed by atoms with Crippen LogP contribution in [-0.2, 0) is 4.74 Å². The largest absolute Gasteiger partial charge is 0.478 e. The molecule has 166 valence electrons. The maximum atomic E-state index is 11.9. The molecule has 1 aliphatic heterocycles. The van der Waals surface area contributed by atoms with E-state index in [0.717, 1.165) is 22.6 Å². The molecule has 0 aliphatic carbocycles. The first-order valence-electron chi connectivity index (χ1n) is 10.4. The van der Waals surface area contributed by atoms with Crippen LogP contribution in [0.15, 0.2) is 54.7 Å². The summed E-state index contributed by atoms with van der Waals surface area (Å²) in [6, 6.07) is 14.8. The lowest BCUT2D eigenvalue weighted by Crippen LogP contribution is -2.32. The molecular weight excluding hydrogens is 424 g/mol. The monoisotopic (exact) mass is 450 g/mol. The topological polar surface area (TPSA) is 79.6 Å². The van der Waals surface area contributed by atoms with Crippen molar-refractivity contribution in [2.24, 2.45) is 0 Å². The number of carboxylic acids is 1. The minimum absolute atomic E-state index is 0.107. The zero-order valence-electron chi connectivity index (χ0n) is 18.3. The van der Waals surface area contributed by atoms with Gasteiger partial charge in [-0.3, -0.25) is 4.98 Å². The maximum absolute atomic E-state index is 11.9. The van der Waals surface area contributed by atoms with Gasteiger partial charge in [0.05, 0.1) is 35.6 Å². The van der Waals surface area contributed by atoms with Gasteiger partial charge in [0.15, 0.2) is 5.11 Å². The van der Waals surface area contributed by atoms with Crippen LogP contribution in [0.5, 0.6) is 0 Å². The molecule has 0 unspecified atom stereocenters. The van der Waals surface area contributed by atoms with Crippen LogP contribution < -0.4 is 5.32 Å². The molecule has 2 atom stereocenters. The number of para-hydroxylation sites is 1. The maximum Gasteiger partial charge on any atom is 0.337 e. The number of ether oxygens (including phenoxy) is 1. The number of carbonyl (C=O) groups is 1. The minimum atomic E-state index is -0.952. The molecule has 1 saturated heterocycles. The van der Waals surface area contributed by atoms with Crippen molar-refractivity contribution in [1.82, 2.24) is 19.8 Å². The van der Waals surface area contributed by atoms with Crippen molar-refractivity contribution in [1.29, 1.82) is 0 Å². The molecule has 1 aromatic carbocycles. The summed E-state index contributed by atoms with van der Waals surface area (Å²) in [5.41, 5.74) is 4.80. The Morgan fingerprint density at radius 2 is 1.97 bits per heavy atom. The van der Waals surface area contributed by atoms with Crippen LogP contribution >= 0.6 is 12.2 Å². The van der Waals surface area contributed by atoms with Gasteiger partial charge in [0, 0.05) is 31.2 Å². The van der Waals surface area contributed by atoms with Crippen LogP contribution in [0, 0.1) is 13.8 Å². The van der Waals surface area contributed by atoms with Gasteiger partial charge in [-0.25, -0.2) is 4.79 Å². The number of benzene rings is 1. The number of rotatable bonds is 7. The molecule has 1 fully saturated rings. The van der Waals surface area contributed by atoms with Crippen LogP contribution in [-0.4, -0.2) is 50.9 Å². The number of aryl methyl sites for hydroxylation is 1. The van der Waals surface area contributed by atoms with Gasteiger partial charge in [-0.15, -0.1) is 0 Å². The Morgan fingerprint density at radius 1 is 1.22 bits per heavy atom. The Bertz CT molecular complexity index is 1150. The van der Waals surface area contributed by atoms with E-state index in [2.05, 4.69) is 21.3 Å². The second-order valence-electron chi connectivity index (χ2n) is 7.80. The fourth-order valence-corrected chi connectivity index (χ4v) is 4.81. The standard InChI is InChI=1S/C24H26N4O3S/c1-15-14-18(16(2)28(15)20-10-5-4-8-17(20)23(29)30)22-21(19-9-6-7-11-25-19)26-24(32)27(22)12-13-31-3/h4-11,14,21-22H,12-13H2,1-3H3,(H,26,32)(H,29,30)/t21-,22+/m1/s1. The lowest BCUT2D eigenvalue weighted by Gasteiger charge is -2.28. The number of methoxy groups -OCH3 is 1. The van der Waals surface area contributed by atoms with E-state index in [9.17, 15) is 9.90 Å². The van der Waals surface area contributed by atoms with Crippen molar-refractivity contribution in [2.45, 2.75) is 25.9 Å².